The van der Waals surface area contributed by atoms with Crippen molar-refractivity contribution >= 4 is 11.6 Å². The van der Waals surface area contributed by atoms with Gasteiger partial charge in [0.15, 0.2) is 0 Å². The van der Waals surface area contributed by atoms with E-state index in [2.05, 4.69) is 12.2 Å². The molecule has 1 amide bonds. The minimum Gasteiger partial charge on any atom is -0.389 e. The Morgan fingerprint density at radius 3 is 2.69 bits per heavy atom. The van der Waals surface area contributed by atoms with Gasteiger partial charge in [0.2, 0.25) is 5.91 Å². The summed E-state index contributed by atoms with van der Waals surface area (Å²) in [5.41, 5.74) is 1.49. The standard InChI is InChI=1S/C13H17NO2/c1-8-7-11(8)13(16)14-12-6-4-3-5-10(12)9(2)15/h3-6,8-9,11,15H,7H2,1-2H3,(H,14,16). The van der Waals surface area contributed by atoms with Gasteiger partial charge in [0.1, 0.15) is 0 Å². The lowest BCUT2D eigenvalue weighted by molar-refractivity contribution is -0.117. The molecule has 2 N–H and O–H groups in total. The van der Waals surface area contributed by atoms with Crippen molar-refractivity contribution in [1.29, 1.82) is 0 Å². The van der Waals surface area contributed by atoms with E-state index in [0.29, 0.717) is 5.92 Å². The van der Waals surface area contributed by atoms with Gasteiger partial charge >= 0.3 is 0 Å². The van der Waals surface area contributed by atoms with Crippen LogP contribution in [-0.2, 0) is 4.79 Å². The molecule has 3 heteroatoms. The first kappa shape index (κ1) is 11.1. The van der Waals surface area contributed by atoms with E-state index < -0.39 is 6.10 Å². The number of para-hydroxylation sites is 1. The zero-order valence-electron chi connectivity index (χ0n) is 9.60. The van der Waals surface area contributed by atoms with Crippen LogP contribution in [0.15, 0.2) is 24.3 Å². The van der Waals surface area contributed by atoms with Crippen molar-refractivity contribution in [2.75, 3.05) is 5.32 Å². The summed E-state index contributed by atoms with van der Waals surface area (Å²) in [6.07, 6.45) is 0.413. The lowest BCUT2D eigenvalue weighted by Gasteiger charge is -2.12. The third-order valence-electron chi connectivity index (χ3n) is 3.11. The first-order chi connectivity index (χ1) is 7.59. The summed E-state index contributed by atoms with van der Waals surface area (Å²) >= 11 is 0. The first-order valence-electron chi connectivity index (χ1n) is 5.67. The largest absolute Gasteiger partial charge is 0.389 e. The predicted octanol–water partition coefficient (Wildman–Crippen LogP) is 2.33. The van der Waals surface area contributed by atoms with Gasteiger partial charge < -0.3 is 10.4 Å². The minimum absolute atomic E-state index is 0.0700. The quantitative estimate of drug-likeness (QED) is 0.819. The van der Waals surface area contributed by atoms with Gasteiger partial charge in [0, 0.05) is 17.2 Å². The molecule has 16 heavy (non-hydrogen) atoms. The molecule has 1 aromatic rings. The van der Waals surface area contributed by atoms with Crippen LogP contribution in [-0.4, -0.2) is 11.0 Å². The molecule has 3 atom stereocenters. The second kappa shape index (κ2) is 4.26. The highest BCUT2D eigenvalue weighted by Crippen LogP contribution is 2.38. The lowest BCUT2D eigenvalue weighted by atomic mass is 10.1. The normalized spacial score (nSPS) is 24.9. The number of carbonyl (C=O) groups is 1. The second-order valence-electron chi connectivity index (χ2n) is 4.57. The zero-order chi connectivity index (χ0) is 11.7. The SMILES string of the molecule is CC(O)c1ccccc1NC(=O)C1CC1C. The van der Waals surface area contributed by atoms with E-state index in [1.165, 1.54) is 0 Å². The van der Waals surface area contributed by atoms with Gasteiger partial charge in [-0.05, 0) is 25.3 Å². The summed E-state index contributed by atoms with van der Waals surface area (Å²) in [4.78, 5) is 11.8. The van der Waals surface area contributed by atoms with Crippen LogP contribution < -0.4 is 5.32 Å². The highest BCUT2D eigenvalue weighted by atomic mass is 16.3. The van der Waals surface area contributed by atoms with Gasteiger partial charge in [0.05, 0.1) is 6.10 Å². The Morgan fingerprint density at radius 1 is 1.50 bits per heavy atom. The van der Waals surface area contributed by atoms with Crippen LogP contribution in [0.4, 0.5) is 5.69 Å². The highest BCUT2D eigenvalue weighted by Gasteiger charge is 2.39. The Kier molecular flexibility index (Phi) is 2.97. The molecule has 86 valence electrons. The smallest absolute Gasteiger partial charge is 0.227 e. The molecule has 1 aliphatic carbocycles. The molecule has 3 unspecified atom stereocenters. The monoisotopic (exact) mass is 219 g/mol. The van der Waals surface area contributed by atoms with Crippen molar-refractivity contribution in [2.45, 2.75) is 26.4 Å². The third-order valence-corrected chi connectivity index (χ3v) is 3.11. The summed E-state index contributed by atoms with van der Waals surface area (Å²) in [5.74, 6) is 0.723. The van der Waals surface area contributed by atoms with E-state index in [-0.39, 0.29) is 11.8 Å². The van der Waals surface area contributed by atoms with Gasteiger partial charge in [-0.15, -0.1) is 0 Å². The summed E-state index contributed by atoms with van der Waals surface area (Å²) in [7, 11) is 0. The molecule has 0 radical (unpaired) electrons. The van der Waals surface area contributed by atoms with Gasteiger partial charge in [-0.3, -0.25) is 4.79 Å². The molecule has 1 aromatic carbocycles. The van der Waals surface area contributed by atoms with Gasteiger partial charge in [-0.25, -0.2) is 0 Å². The van der Waals surface area contributed by atoms with E-state index in [9.17, 15) is 9.90 Å². The molecule has 0 spiro atoms. The average Bonchev–Trinajstić information content (AvgIpc) is 2.96. The number of hydrogen-bond donors (Lipinski definition) is 2. The molecule has 1 aliphatic rings. The number of amides is 1. The van der Waals surface area contributed by atoms with Crippen LogP contribution in [0.1, 0.15) is 31.9 Å². The van der Waals surface area contributed by atoms with Crippen molar-refractivity contribution in [1.82, 2.24) is 0 Å². The lowest BCUT2D eigenvalue weighted by Crippen LogP contribution is -2.16. The summed E-state index contributed by atoms with van der Waals surface area (Å²) < 4.78 is 0. The van der Waals surface area contributed by atoms with Crippen LogP contribution in [0.3, 0.4) is 0 Å². The third kappa shape index (κ3) is 2.25. The van der Waals surface area contributed by atoms with Crippen LogP contribution in [0.2, 0.25) is 0 Å². The van der Waals surface area contributed by atoms with Crippen molar-refractivity contribution in [3.8, 4) is 0 Å². The Bertz CT molecular complexity index is 401. The fourth-order valence-electron chi connectivity index (χ4n) is 1.89. The molecule has 3 nitrogen and oxygen atoms in total. The molecule has 0 heterocycles. The molecular weight excluding hydrogens is 202 g/mol. The van der Waals surface area contributed by atoms with E-state index in [0.717, 1.165) is 17.7 Å². The van der Waals surface area contributed by atoms with Crippen molar-refractivity contribution < 1.29 is 9.90 Å². The number of hydrogen-bond acceptors (Lipinski definition) is 2. The summed E-state index contributed by atoms with van der Waals surface area (Å²) in [6, 6.07) is 7.37. The molecular formula is C13H17NO2. The fourth-order valence-corrected chi connectivity index (χ4v) is 1.89. The molecule has 1 saturated carbocycles. The average molecular weight is 219 g/mol. The van der Waals surface area contributed by atoms with Crippen molar-refractivity contribution in [2.24, 2.45) is 11.8 Å². The van der Waals surface area contributed by atoms with E-state index in [1.54, 1.807) is 6.92 Å². The first-order valence-corrected chi connectivity index (χ1v) is 5.67. The highest BCUT2D eigenvalue weighted by molar-refractivity contribution is 5.95. The maximum Gasteiger partial charge on any atom is 0.227 e. The van der Waals surface area contributed by atoms with Crippen molar-refractivity contribution in [3.63, 3.8) is 0 Å². The van der Waals surface area contributed by atoms with Crippen LogP contribution in [0.5, 0.6) is 0 Å². The second-order valence-corrected chi connectivity index (χ2v) is 4.57. The van der Waals surface area contributed by atoms with Crippen LogP contribution in [0, 0.1) is 11.8 Å². The van der Waals surface area contributed by atoms with E-state index in [1.807, 2.05) is 24.3 Å². The maximum atomic E-state index is 11.8. The predicted molar refractivity (Wildman–Crippen MR) is 63.0 cm³/mol. The summed E-state index contributed by atoms with van der Waals surface area (Å²) in [6.45, 7) is 3.77. The molecule has 0 saturated heterocycles. The van der Waals surface area contributed by atoms with Gasteiger partial charge in [-0.2, -0.15) is 0 Å². The number of carbonyl (C=O) groups excluding carboxylic acids is 1. The number of aliphatic hydroxyl groups is 1. The molecule has 0 aliphatic heterocycles. The van der Waals surface area contributed by atoms with Gasteiger partial charge in [-0.1, -0.05) is 25.1 Å². The molecule has 2 rings (SSSR count). The van der Waals surface area contributed by atoms with E-state index >= 15 is 0 Å². The maximum absolute atomic E-state index is 11.8. The number of benzene rings is 1. The Hall–Kier alpha value is -1.35. The topological polar surface area (TPSA) is 49.3 Å². The molecule has 0 aromatic heterocycles. The van der Waals surface area contributed by atoms with Crippen LogP contribution in [0.25, 0.3) is 0 Å². The number of rotatable bonds is 3. The summed E-state index contributed by atoms with van der Waals surface area (Å²) in [5, 5.41) is 12.5. The zero-order valence-corrected chi connectivity index (χ0v) is 9.60. The fraction of sp³-hybridized carbons (Fsp3) is 0.462. The van der Waals surface area contributed by atoms with Crippen LogP contribution >= 0.6 is 0 Å². The Morgan fingerprint density at radius 2 is 2.12 bits per heavy atom. The van der Waals surface area contributed by atoms with Gasteiger partial charge in [0.25, 0.3) is 0 Å². The van der Waals surface area contributed by atoms with E-state index in [4.69, 9.17) is 0 Å². The molecule has 0 bridgehead atoms. The Labute approximate surface area is 95.5 Å². The Balaban J connectivity index is 2.11. The number of nitrogens with one attached hydrogen (secondary N) is 1. The number of aliphatic hydroxyl groups excluding tert-OH is 1. The minimum atomic E-state index is -0.562. The van der Waals surface area contributed by atoms with Crippen molar-refractivity contribution in [3.05, 3.63) is 29.8 Å². The number of anilines is 1. The molecule has 1 fully saturated rings.